The minimum atomic E-state index is -1.03. The zero-order valence-corrected chi connectivity index (χ0v) is 22.0. The third-order valence-electron chi connectivity index (χ3n) is 6.84. The highest BCUT2D eigenvalue weighted by molar-refractivity contribution is 6.03. The molecule has 0 saturated carbocycles. The molecular formula is C32H34O4. The molecule has 36 heavy (non-hydrogen) atoms. The van der Waals surface area contributed by atoms with Gasteiger partial charge in [0.15, 0.2) is 5.78 Å². The van der Waals surface area contributed by atoms with Gasteiger partial charge in [-0.3, -0.25) is 4.79 Å². The van der Waals surface area contributed by atoms with E-state index in [1.807, 2.05) is 19.9 Å². The van der Waals surface area contributed by atoms with Crippen LogP contribution in [0.25, 0.3) is 11.6 Å². The molecule has 0 amide bonds. The van der Waals surface area contributed by atoms with E-state index in [0.717, 1.165) is 57.7 Å². The molecule has 0 bridgehead atoms. The van der Waals surface area contributed by atoms with Crippen molar-refractivity contribution < 1.29 is 19.4 Å². The van der Waals surface area contributed by atoms with Crippen molar-refractivity contribution in [1.82, 2.24) is 0 Å². The van der Waals surface area contributed by atoms with Gasteiger partial charge in [0.05, 0.1) is 5.56 Å². The molecule has 0 aromatic heterocycles. The number of carboxylic acids is 1. The summed E-state index contributed by atoms with van der Waals surface area (Å²) in [5.74, 6) is 0.185. The number of Topliss-reactive ketones (excluding diaryl/α,β-unsaturated/α-hetero) is 1. The van der Waals surface area contributed by atoms with Crippen molar-refractivity contribution in [3.63, 3.8) is 0 Å². The molecule has 4 nitrogen and oxygen atoms in total. The van der Waals surface area contributed by atoms with Gasteiger partial charge in [-0.15, -0.1) is 0 Å². The highest BCUT2D eigenvalue weighted by atomic mass is 16.5. The van der Waals surface area contributed by atoms with Crippen molar-refractivity contribution in [3.8, 4) is 11.5 Å². The summed E-state index contributed by atoms with van der Waals surface area (Å²) in [6.07, 6.45) is 5.02. The molecule has 1 aliphatic rings. The van der Waals surface area contributed by atoms with Gasteiger partial charge in [0.2, 0.25) is 0 Å². The monoisotopic (exact) mass is 482 g/mol. The van der Waals surface area contributed by atoms with Crippen LogP contribution in [0.15, 0.2) is 42.5 Å². The summed E-state index contributed by atoms with van der Waals surface area (Å²) in [6.45, 7) is 12.1. The standard InChI is InChI=1S/C32H34O4/c1-7-9-21-16-28-26(13-19(21)5)30(27-14-20(6)22(10-8-2)17-29(27)36-28)25-15-23(31(33)18(3)4)11-12-24(25)32(34)35/h9,11-18H,7-8,10H2,1-6H3,(H,34,35)/b21-9-. The molecule has 0 unspecified atom stereocenters. The van der Waals surface area contributed by atoms with Crippen molar-refractivity contribution in [2.24, 2.45) is 5.92 Å². The fourth-order valence-corrected chi connectivity index (χ4v) is 4.95. The summed E-state index contributed by atoms with van der Waals surface area (Å²) < 4.78 is 6.47. The van der Waals surface area contributed by atoms with Gasteiger partial charge >= 0.3 is 5.97 Å². The van der Waals surface area contributed by atoms with E-state index in [-0.39, 0.29) is 17.3 Å². The summed E-state index contributed by atoms with van der Waals surface area (Å²) in [5.41, 5.74) is 6.30. The minimum absolute atomic E-state index is 0.0140. The van der Waals surface area contributed by atoms with Crippen LogP contribution < -0.4 is 15.2 Å². The quantitative estimate of drug-likeness (QED) is 0.312. The molecule has 186 valence electrons. The summed E-state index contributed by atoms with van der Waals surface area (Å²) >= 11 is 0. The number of benzene rings is 3. The van der Waals surface area contributed by atoms with Crippen LogP contribution in [-0.2, 0) is 6.42 Å². The second-order valence-electron chi connectivity index (χ2n) is 9.90. The largest absolute Gasteiger partial charge is 0.478 e. The molecule has 1 aliphatic heterocycles. The molecule has 0 saturated heterocycles. The molecule has 3 aromatic carbocycles. The SMILES string of the molecule is CC/C=c1/cc2c(cc1C)=C(c1cc(C(=O)C(C)C)ccc1C(=O)O)c1cc(C)c(CCC)cc1O2. The summed E-state index contributed by atoms with van der Waals surface area (Å²) in [6, 6.07) is 13.2. The number of aryl methyl sites for hydroxylation is 3. The predicted octanol–water partition coefficient (Wildman–Crippen LogP) is 6.34. The van der Waals surface area contributed by atoms with Crippen LogP contribution >= 0.6 is 0 Å². The van der Waals surface area contributed by atoms with Crippen LogP contribution in [0.1, 0.15) is 89.1 Å². The Morgan fingerprint density at radius 1 is 0.944 bits per heavy atom. The second kappa shape index (κ2) is 10.1. The van der Waals surface area contributed by atoms with Gasteiger partial charge in [-0.1, -0.05) is 46.3 Å². The highest BCUT2D eigenvalue weighted by Crippen LogP contribution is 2.39. The Bertz CT molecular complexity index is 1490. The minimum Gasteiger partial charge on any atom is -0.478 e. The lowest BCUT2D eigenvalue weighted by Crippen LogP contribution is -2.23. The second-order valence-corrected chi connectivity index (χ2v) is 9.90. The van der Waals surface area contributed by atoms with Gasteiger partial charge in [0, 0.05) is 27.8 Å². The molecule has 0 radical (unpaired) electrons. The number of ether oxygens (including phenoxy) is 1. The van der Waals surface area contributed by atoms with Gasteiger partial charge in [-0.2, -0.15) is 0 Å². The van der Waals surface area contributed by atoms with Crippen LogP contribution in [0, 0.1) is 19.8 Å². The number of carbonyl (C=O) groups excluding carboxylic acids is 1. The summed E-state index contributed by atoms with van der Waals surface area (Å²) in [7, 11) is 0. The van der Waals surface area contributed by atoms with Crippen LogP contribution in [0.3, 0.4) is 0 Å². The summed E-state index contributed by atoms with van der Waals surface area (Å²) in [5, 5.41) is 12.1. The lowest BCUT2D eigenvalue weighted by atomic mass is 9.85. The molecule has 4 rings (SSSR count). The van der Waals surface area contributed by atoms with Crippen LogP contribution in [0.4, 0.5) is 0 Å². The molecule has 0 spiro atoms. The Kier molecular flexibility index (Phi) is 7.16. The molecule has 0 atom stereocenters. The Hall–Kier alpha value is -3.66. The maximum atomic E-state index is 12.9. The van der Waals surface area contributed by atoms with E-state index in [4.69, 9.17) is 4.74 Å². The zero-order valence-electron chi connectivity index (χ0n) is 22.0. The van der Waals surface area contributed by atoms with E-state index in [0.29, 0.717) is 16.9 Å². The molecule has 1 heterocycles. The van der Waals surface area contributed by atoms with Gasteiger partial charge in [-0.05, 0) is 90.6 Å². The number of carboxylic acid groups (broad SMARTS) is 1. The van der Waals surface area contributed by atoms with Crippen LogP contribution in [0.5, 0.6) is 11.5 Å². The van der Waals surface area contributed by atoms with E-state index in [1.54, 1.807) is 18.2 Å². The number of aromatic carboxylic acids is 1. The first kappa shape index (κ1) is 25.4. The molecule has 1 N–H and O–H groups in total. The third kappa shape index (κ3) is 4.60. The molecule has 3 aromatic rings. The normalized spacial score (nSPS) is 12.9. The van der Waals surface area contributed by atoms with Gasteiger partial charge in [0.1, 0.15) is 11.5 Å². The Labute approximate surface area is 213 Å². The van der Waals surface area contributed by atoms with Crippen LogP contribution in [-0.4, -0.2) is 16.9 Å². The van der Waals surface area contributed by atoms with Gasteiger partial charge in [-0.25, -0.2) is 4.79 Å². The Balaban J connectivity index is 2.16. The van der Waals surface area contributed by atoms with E-state index in [2.05, 4.69) is 52.0 Å². The lowest BCUT2D eigenvalue weighted by Gasteiger charge is -2.24. The van der Waals surface area contributed by atoms with Crippen molar-refractivity contribution in [2.45, 2.75) is 60.8 Å². The lowest BCUT2D eigenvalue weighted by molar-refractivity contribution is 0.0696. The number of hydrogen-bond donors (Lipinski definition) is 1. The topological polar surface area (TPSA) is 63.6 Å². The van der Waals surface area contributed by atoms with Crippen molar-refractivity contribution in [3.05, 3.63) is 91.8 Å². The first-order chi connectivity index (χ1) is 17.2. The fraction of sp³-hybridized carbons (Fsp3) is 0.312. The first-order valence-electron chi connectivity index (χ1n) is 12.7. The van der Waals surface area contributed by atoms with E-state index in [9.17, 15) is 14.7 Å². The summed E-state index contributed by atoms with van der Waals surface area (Å²) in [4.78, 5) is 25.3. The van der Waals surface area contributed by atoms with E-state index < -0.39 is 5.97 Å². The Morgan fingerprint density at radius 2 is 1.69 bits per heavy atom. The Morgan fingerprint density at radius 3 is 2.33 bits per heavy atom. The smallest absolute Gasteiger partial charge is 0.336 e. The van der Waals surface area contributed by atoms with Crippen molar-refractivity contribution in [1.29, 1.82) is 0 Å². The highest BCUT2D eigenvalue weighted by Gasteiger charge is 2.26. The average molecular weight is 483 g/mol. The molecule has 0 aliphatic carbocycles. The van der Waals surface area contributed by atoms with E-state index in [1.165, 1.54) is 5.56 Å². The third-order valence-corrected chi connectivity index (χ3v) is 6.84. The average Bonchev–Trinajstić information content (AvgIpc) is 2.83. The van der Waals surface area contributed by atoms with Crippen LogP contribution in [0.2, 0.25) is 0 Å². The molecule has 4 heteroatoms. The fourth-order valence-electron chi connectivity index (χ4n) is 4.95. The van der Waals surface area contributed by atoms with Crippen molar-refractivity contribution >= 4 is 23.4 Å². The number of fused-ring (bicyclic) bond motifs is 2. The molecular weight excluding hydrogens is 448 g/mol. The zero-order chi connectivity index (χ0) is 26.1. The van der Waals surface area contributed by atoms with E-state index >= 15 is 0 Å². The number of carbonyl (C=O) groups is 2. The number of rotatable bonds is 7. The first-order valence-corrected chi connectivity index (χ1v) is 12.7. The number of hydrogen-bond acceptors (Lipinski definition) is 3. The van der Waals surface area contributed by atoms with Gasteiger partial charge < -0.3 is 9.84 Å². The maximum absolute atomic E-state index is 12.9. The maximum Gasteiger partial charge on any atom is 0.336 e. The van der Waals surface area contributed by atoms with Crippen molar-refractivity contribution in [2.75, 3.05) is 0 Å². The van der Waals surface area contributed by atoms with Gasteiger partial charge in [0.25, 0.3) is 0 Å². The molecule has 0 fully saturated rings. The predicted molar refractivity (Wildman–Crippen MR) is 145 cm³/mol. The number of ketones is 1.